The summed E-state index contributed by atoms with van der Waals surface area (Å²) in [6, 6.07) is 15.2. The van der Waals surface area contributed by atoms with Crippen molar-refractivity contribution in [1.29, 1.82) is 0 Å². The molecule has 0 aliphatic carbocycles. The molecule has 2 heterocycles. The number of aromatic nitrogens is 2. The summed E-state index contributed by atoms with van der Waals surface area (Å²) < 4.78 is 1.68. The van der Waals surface area contributed by atoms with Gasteiger partial charge >= 0.3 is 0 Å². The van der Waals surface area contributed by atoms with Crippen molar-refractivity contribution in [3.05, 3.63) is 69.5 Å². The van der Waals surface area contributed by atoms with Crippen LogP contribution in [0.1, 0.15) is 25.5 Å². The third kappa shape index (κ3) is 5.17. The Morgan fingerprint density at radius 2 is 1.84 bits per heavy atom. The summed E-state index contributed by atoms with van der Waals surface area (Å²) in [4.78, 5) is 34.7. The Hall–Kier alpha value is -2.35. The van der Waals surface area contributed by atoms with E-state index in [2.05, 4.69) is 16.0 Å². The molecule has 1 amide bonds. The van der Waals surface area contributed by atoms with Crippen molar-refractivity contribution < 1.29 is 4.79 Å². The van der Waals surface area contributed by atoms with Gasteiger partial charge in [0, 0.05) is 43.8 Å². The van der Waals surface area contributed by atoms with Gasteiger partial charge in [-0.2, -0.15) is 0 Å². The number of para-hydroxylation sites is 1. The maximum absolute atomic E-state index is 12.9. The van der Waals surface area contributed by atoms with Crippen LogP contribution in [0, 0.1) is 0 Å². The standard InChI is InChI=1S/C24H27ClN4O2S/c1-17(2)29-23(31)20-8-3-4-9-21(20)26-24(29)32-16-22(30)28-12-10-27(11-13-28)15-18-6-5-7-19(25)14-18/h3-9,14,17H,10-13,15-16H2,1-2H3. The van der Waals surface area contributed by atoms with E-state index >= 15 is 0 Å². The molecule has 0 radical (unpaired) electrons. The van der Waals surface area contributed by atoms with Crippen molar-refractivity contribution >= 4 is 40.2 Å². The summed E-state index contributed by atoms with van der Waals surface area (Å²) in [5.41, 5.74) is 1.79. The Morgan fingerprint density at radius 3 is 2.56 bits per heavy atom. The number of hydrogen-bond donors (Lipinski definition) is 0. The van der Waals surface area contributed by atoms with Gasteiger partial charge in [-0.15, -0.1) is 0 Å². The van der Waals surface area contributed by atoms with Gasteiger partial charge in [-0.3, -0.25) is 19.1 Å². The summed E-state index contributed by atoms with van der Waals surface area (Å²) in [5.74, 6) is 0.348. The Kier molecular flexibility index (Phi) is 7.18. The number of piperazine rings is 1. The highest BCUT2D eigenvalue weighted by Crippen LogP contribution is 2.22. The highest BCUT2D eigenvalue weighted by molar-refractivity contribution is 7.99. The molecule has 1 saturated heterocycles. The van der Waals surface area contributed by atoms with Crippen molar-refractivity contribution in [2.45, 2.75) is 31.6 Å². The van der Waals surface area contributed by atoms with Crippen molar-refractivity contribution in [3.8, 4) is 0 Å². The van der Waals surface area contributed by atoms with Crippen LogP contribution in [0.25, 0.3) is 10.9 Å². The van der Waals surface area contributed by atoms with E-state index in [9.17, 15) is 9.59 Å². The highest BCUT2D eigenvalue weighted by atomic mass is 35.5. The van der Waals surface area contributed by atoms with Crippen LogP contribution < -0.4 is 5.56 Å². The molecule has 0 spiro atoms. The minimum absolute atomic E-state index is 0.0350. The number of fused-ring (bicyclic) bond motifs is 1. The number of benzene rings is 2. The van der Waals surface area contributed by atoms with Gasteiger partial charge in [0.2, 0.25) is 5.91 Å². The second kappa shape index (κ2) is 10.1. The van der Waals surface area contributed by atoms with Gasteiger partial charge < -0.3 is 4.90 Å². The number of halogens is 1. The molecule has 0 saturated carbocycles. The van der Waals surface area contributed by atoms with E-state index < -0.39 is 0 Å². The first kappa shape index (κ1) is 22.8. The number of hydrogen-bond acceptors (Lipinski definition) is 5. The van der Waals surface area contributed by atoms with Gasteiger partial charge in [0.05, 0.1) is 16.7 Å². The van der Waals surface area contributed by atoms with Crippen LogP contribution in [0.4, 0.5) is 0 Å². The van der Waals surface area contributed by atoms with E-state index in [1.807, 2.05) is 55.1 Å². The van der Waals surface area contributed by atoms with Crippen LogP contribution in [0.2, 0.25) is 5.02 Å². The van der Waals surface area contributed by atoms with E-state index in [1.165, 1.54) is 17.3 Å². The SMILES string of the molecule is CC(C)n1c(SCC(=O)N2CCN(Cc3cccc(Cl)c3)CC2)nc2ccccc2c1=O. The number of carbonyl (C=O) groups is 1. The molecular formula is C24H27ClN4O2S. The predicted molar refractivity (Wildman–Crippen MR) is 130 cm³/mol. The zero-order valence-electron chi connectivity index (χ0n) is 18.3. The average molecular weight is 471 g/mol. The second-order valence-corrected chi connectivity index (χ2v) is 9.63. The molecule has 1 aliphatic heterocycles. The van der Waals surface area contributed by atoms with E-state index in [-0.39, 0.29) is 23.3 Å². The number of rotatable bonds is 6. The summed E-state index contributed by atoms with van der Waals surface area (Å²) in [6.07, 6.45) is 0. The van der Waals surface area contributed by atoms with E-state index in [1.54, 1.807) is 10.6 Å². The number of nitrogens with zero attached hydrogens (tertiary/aromatic N) is 4. The van der Waals surface area contributed by atoms with Crippen molar-refractivity contribution in [2.75, 3.05) is 31.9 Å². The third-order valence-corrected chi connectivity index (χ3v) is 6.81. The van der Waals surface area contributed by atoms with Gasteiger partial charge in [0.15, 0.2) is 5.16 Å². The first-order valence-corrected chi connectivity index (χ1v) is 12.2. The van der Waals surface area contributed by atoms with Crippen LogP contribution >= 0.6 is 23.4 Å². The van der Waals surface area contributed by atoms with Crippen LogP contribution in [0.3, 0.4) is 0 Å². The van der Waals surface area contributed by atoms with Crippen LogP contribution in [0.5, 0.6) is 0 Å². The molecule has 0 bridgehead atoms. The summed E-state index contributed by atoms with van der Waals surface area (Å²) in [7, 11) is 0. The molecule has 32 heavy (non-hydrogen) atoms. The summed E-state index contributed by atoms with van der Waals surface area (Å²) in [5, 5.41) is 1.94. The molecule has 6 nitrogen and oxygen atoms in total. The molecule has 4 rings (SSSR count). The fraction of sp³-hybridized carbons (Fsp3) is 0.375. The maximum atomic E-state index is 12.9. The molecule has 2 aromatic carbocycles. The van der Waals surface area contributed by atoms with Crippen LogP contribution in [0.15, 0.2) is 58.5 Å². The zero-order chi connectivity index (χ0) is 22.7. The minimum atomic E-state index is -0.0600. The Balaban J connectivity index is 1.38. The Labute approximate surface area is 197 Å². The molecule has 0 unspecified atom stereocenters. The zero-order valence-corrected chi connectivity index (χ0v) is 19.9. The maximum Gasteiger partial charge on any atom is 0.262 e. The van der Waals surface area contributed by atoms with E-state index in [0.29, 0.717) is 29.1 Å². The Bertz CT molecular complexity index is 1170. The summed E-state index contributed by atoms with van der Waals surface area (Å²) >= 11 is 7.43. The number of thioether (sulfide) groups is 1. The van der Waals surface area contributed by atoms with Crippen LogP contribution in [-0.4, -0.2) is 57.2 Å². The quantitative estimate of drug-likeness (QED) is 0.401. The molecule has 8 heteroatoms. The average Bonchev–Trinajstić information content (AvgIpc) is 2.78. The fourth-order valence-corrected chi connectivity index (χ4v) is 5.19. The van der Waals surface area contributed by atoms with Crippen molar-refractivity contribution in [3.63, 3.8) is 0 Å². The van der Waals surface area contributed by atoms with E-state index in [0.717, 1.165) is 24.7 Å². The van der Waals surface area contributed by atoms with Gasteiger partial charge in [-0.1, -0.05) is 47.6 Å². The lowest BCUT2D eigenvalue weighted by Gasteiger charge is -2.34. The van der Waals surface area contributed by atoms with Gasteiger partial charge in [0.25, 0.3) is 5.56 Å². The van der Waals surface area contributed by atoms with Crippen LogP contribution in [-0.2, 0) is 11.3 Å². The lowest BCUT2D eigenvalue weighted by molar-refractivity contribution is -0.130. The van der Waals surface area contributed by atoms with Gasteiger partial charge in [-0.25, -0.2) is 4.98 Å². The Morgan fingerprint density at radius 1 is 1.09 bits per heavy atom. The topological polar surface area (TPSA) is 58.4 Å². The largest absolute Gasteiger partial charge is 0.339 e. The lowest BCUT2D eigenvalue weighted by Crippen LogP contribution is -2.48. The normalized spacial score (nSPS) is 14.9. The predicted octanol–water partition coefficient (Wildman–Crippen LogP) is 4.07. The molecule has 1 fully saturated rings. The van der Waals surface area contributed by atoms with Gasteiger partial charge in [0.1, 0.15) is 0 Å². The first-order chi connectivity index (χ1) is 15.4. The lowest BCUT2D eigenvalue weighted by atomic mass is 10.2. The molecule has 168 valence electrons. The second-order valence-electron chi connectivity index (χ2n) is 8.26. The minimum Gasteiger partial charge on any atom is -0.339 e. The van der Waals surface area contributed by atoms with Crippen molar-refractivity contribution in [1.82, 2.24) is 19.4 Å². The molecule has 1 aliphatic rings. The molecule has 0 N–H and O–H groups in total. The number of carbonyl (C=O) groups excluding carboxylic acids is 1. The molecule has 0 atom stereocenters. The smallest absolute Gasteiger partial charge is 0.262 e. The monoisotopic (exact) mass is 470 g/mol. The molecule has 3 aromatic rings. The number of amides is 1. The van der Waals surface area contributed by atoms with Gasteiger partial charge in [-0.05, 0) is 43.7 Å². The fourth-order valence-electron chi connectivity index (χ4n) is 3.95. The first-order valence-electron chi connectivity index (χ1n) is 10.8. The third-order valence-electron chi connectivity index (χ3n) is 5.64. The highest BCUT2D eigenvalue weighted by Gasteiger charge is 2.22. The summed E-state index contributed by atoms with van der Waals surface area (Å²) in [6.45, 7) is 7.80. The molecule has 1 aromatic heterocycles. The molecular weight excluding hydrogens is 444 g/mol. The van der Waals surface area contributed by atoms with Crippen molar-refractivity contribution in [2.24, 2.45) is 0 Å². The van der Waals surface area contributed by atoms with E-state index in [4.69, 9.17) is 11.6 Å².